The van der Waals surface area contributed by atoms with Gasteiger partial charge in [-0.25, -0.2) is 4.68 Å². The number of hydrogen-bond donors (Lipinski definition) is 2. The van der Waals surface area contributed by atoms with E-state index in [1.54, 1.807) is 4.68 Å². The Kier molecular flexibility index (Phi) is 7.61. The zero-order chi connectivity index (χ0) is 35.4. The summed E-state index contributed by atoms with van der Waals surface area (Å²) in [6, 6.07) is 8.16. The van der Waals surface area contributed by atoms with E-state index in [9.17, 15) is 14.7 Å². The summed E-state index contributed by atoms with van der Waals surface area (Å²) in [5, 5.41) is 20.4. The van der Waals surface area contributed by atoms with E-state index in [0.717, 1.165) is 86.4 Å². The summed E-state index contributed by atoms with van der Waals surface area (Å²) in [5.41, 5.74) is 3.57. The zero-order valence-electron chi connectivity index (χ0n) is 30.9. The Hall–Kier alpha value is -3.42. The molecule has 0 bridgehead atoms. The number of carboxylic acid groups (broad SMARTS) is 1. The molecule has 0 radical (unpaired) electrons. The maximum Gasteiger partial charge on any atom is 0.328 e. The van der Waals surface area contributed by atoms with E-state index in [2.05, 4.69) is 69.5 Å². The van der Waals surface area contributed by atoms with Crippen molar-refractivity contribution in [2.45, 2.75) is 118 Å². The number of rotatable bonds is 6. The van der Waals surface area contributed by atoms with Gasteiger partial charge in [0, 0.05) is 28.1 Å². The maximum absolute atomic E-state index is 13.4. The van der Waals surface area contributed by atoms with Crippen molar-refractivity contribution in [1.29, 1.82) is 0 Å². The zero-order valence-corrected chi connectivity index (χ0v) is 30.9. The van der Waals surface area contributed by atoms with Crippen LogP contribution in [0.5, 0.6) is 0 Å². The molecule has 0 saturated heterocycles. The van der Waals surface area contributed by atoms with Gasteiger partial charge in [-0.15, -0.1) is 5.10 Å². The molecule has 5 fully saturated rings. The first-order chi connectivity index (χ1) is 23.6. The average Bonchev–Trinajstić information content (AvgIpc) is 3.81. The monoisotopic (exact) mass is 680 g/mol. The lowest BCUT2D eigenvalue weighted by Gasteiger charge is -2.72. The second-order valence-electron chi connectivity index (χ2n) is 18.6. The minimum atomic E-state index is -0.591. The highest BCUT2D eigenvalue weighted by Crippen LogP contribution is 2.77. The Bertz CT molecular complexity index is 1860. The maximum atomic E-state index is 13.4. The Morgan fingerprint density at radius 3 is 2.52 bits per heavy atom. The molecule has 0 spiro atoms. The fourth-order valence-corrected chi connectivity index (χ4v) is 13.7. The molecule has 5 aliphatic rings. The molecule has 268 valence electrons. The van der Waals surface area contributed by atoms with Gasteiger partial charge in [-0.05, 0) is 135 Å². The molecule has 5 aliphatic carbocycles. The lowest BCUT2D eigenvalue weighted by Crippen LogP contribution is -2.67. The van der Waals surface area contributed by atoms with Crippen LogP contribution in [-0.2, 0) is 20.9 Å². The summed E-state index contributed by atoms with van der Waals surface area (Å²) in [7, 11) is 0. The van der Waals surface area contributed by atoms with Crippen LogP contribution in [-0.4, -0.2) is 43.1 Å². The summed E-state index contributed by atoms with van der Waals surface area (Å²) in [5.74, 6) is 1.09. The molecule has 8 nitrogen and oxygen atoms in total. The van der Waals surface area contributed by atoms with Gasteiger partial charge >= 0.3 is 11.9 Å². The molecule has 3 aromatic rings. The van der Waals surface area contributed by atoms with Crippen LogP contribution in [0.25, 0.3) is 22.2 Å². The van der Waals surface area contributed by atoms with Crippen LogP contribution in [0, 0.1) is 56.7 Å². The van der Waals surface area contributed by atoms with Gasteiger partial charge in [-0.2, -0.15) is 0 Å². The molecular weight excluding hydrogens is 624 g/mol. The summed E-state index contributed by atoms with van der Waals surface area (Å²) >= 11 is 0. The van der Waals surface area contributed by atoms with E-state index in [1.807, 2.05) is 30.6 Å². The molecule has 50 heavy (non-hydrogen) atoms. The predicted molar refractivity (Wildman–Crippen MR) is 194 cm³/mol. The molecule has 1 aromatic carbocycles. The number of carbonyl (C=O) groups excluding carboxylic acids is 1. The highest BCUT2D eigenvalue weighted by molar-refractivity contribution is 5.84. The van der Waals surface area contributed by atoms with Crippen molar-refractivity contribution in [2.24, 2.45) is 56.7 Å². The standard InChI is InChI=1S/C42H56N4O4/c1-25(2)28-12-18-42(37(48)49)20-19-40(6)29(36(28)42)9-11-33-39(5)16-14-34(38(3,4)32(39)13-17-41(33,40)7)50-35(47)24-46-23-31(44-45-46)26-8-10-30-27(22-26)15-21-43-30/h8,10,15,21-23,28-29,32-34,36,43H,1,9,11-14,16-20,24H2,2-7H3,(H,48,49)/t28-,29+,32-,33+,34-,36+,39-,40+,41+,42-/m0/s1. The number of allylic oxidation sites excluding steroid dienone is 1. The average molecular weight is 681 g/mol. The van der Waals surface area contributed by atoms with E-state index < -0.39 is 11.4 Å². The van der Waals surface area contributed by atoms with Crippen molar-refractivity contribution < 1.29 is 19.4 Å². The highest BCUT2D eigenvalue weighted by Gasteiger charge is 2.72. The topological polar surface area (TPSA) is 110 Å². The number of esters is 1. The van der Waals surface area contributed by atoms with Crippen molar-refractivity contribution in [3.05, 3.63) is 48.8 Å². The number of nitrogens with one attached hydrogen (secondary N) is 1. The Balaban J connectivity index is 0.990. The Morgan fingerprint density at radius 1 is 0.960 bits per heavy atom. The van der Waals surface area contributed by atoms with Gasteiger partial charge in [0.2, 0.25) is 0 Å². The van der Waals surface area contributed by atoms with E-state index in [-0.39, 0.29) is 46.2 Å². The number of aromatic amines is 1. The number of carbonyl (C=O) groups is 2. The van der Waals surface area contributed by atoms with Crippen LogP contribution >= 0.6 is 0 Å². The van der Waals surface area contributed by atoms with E-state index in [1.165, 1.54) is 5.57 Å². The normalized spacial score (nSPS) is 40.3. The van der Waals surface area contributed by atoms with Crippen molar-refractivity contribution >= 4 is 22.8 Å². The molecule has 0 amide bonds. The van der Waals surface area contributed by atoms with Crippen LogP contribution in [0.1, 0.15) is 106 Å². The van der Waals surface area contributed by atoms with E-state index in [4.69, 9.17) is 4.74 Å². The van der Waals surface area contributed by atoms with Crippen LogP contribution in [0.3, 0.4) is 0 Å². The summed E-state index contributed by atoms with van der Waals surface area (Å²) in [4.78, 5) is 29.7. The molecule has 8 heteroatoms. The Labute approximate surface area is 296 Å². The first-order valence-electron chi connectivity index (χ1n) is 19.2. The molecular formula is C42H56N4O4. The number of ether oxygens (including phenoxy) is 1. The van der Waals surface area contributed by atoms with Crippen LogP contribution in [0.15, 0.2) is 48.8 Å². The fraction of sp³-hybridized carbons (Fsp3) is 0.667. The number of H-pyrrole nitrogens is 1. The molecule has 2 N–H and O–H groups in total. The number of aliphatic carboxylic acids is 1. The number of nitrogens with zero attached hydrogens (tertiary/aromatic N) is 3. The molecule has 5 saturated carbocycles. The van der Waals surface area contributed by atoms with Crippen molar-refractivity contribution in [1.82, 2.24) is 20.0 Å². The third kappa shape index (κ3) is 4.61. The number of carboxylic acids is 1. The first kappa shape index (κ1) is 33.7. The lowest BCUT2D eigenvalue weighted by atomic mass is 9.32. The van der Waals surface area contributed by atoms with Crippen molar-refractivity contribution in [3.63, 3.8) is 0 Å². The van der Waals surface area contributed by atoms with Crippen LogP contribution in [0.4, 0.5) is 0 Å². The van der Waals surface area contributed by atoms with Gasteiger partial charge in [-0.3, -0.25) is 9.59 Å². The molecule has 10 atom stereocenters. The highest BCUT2D eigenvalue weighted by atomic mass is 16.5. The third-order valence-corrected chi connectivity index (χ3v) is 16.4. The number of fused-ring (bicyclic) bond motifs is 8. The lowest BCUT2D eigenvalue weighted by molar-refractivity contribution is -0.250. The third-order valence-electron chi connectivity index (χ3n) is 16.4. The number of benzene rings is 1. The van der Waals surface area contributed by atoms with E-state index in [0.29, 0.717) is 23.7 Å². The first-order valence-corrected chi connectivity index (χ1v) is 19.2. The summed E-state index contributed by atoms with van der Waals surface area (Å²) in [6.45, 7) is 18.9. The molecule has 2 aromatic heterocycles. The van der Waals surface area contributed by atoms with Crippen molar-refractivity contribution in [2.75, 3.05) is 0 Å². The number of aromatic nitrogens is 4. The molecule has 8 rings (SSSR count). The van der Waals surface area contributed by atoms with Gasteiger partial charge in [0.1, 0.15) is 18.3 Å². The quantitative estimate of drug-likeness (QED) is 0.199. The van der Waals surface area contributed by atoms with Gasteiger partial charge in [0.25, 0.3) is 0 Å². The van der Waals surface area contributed by atoms with Crippen LogP contribution in [0.2, 0.25) is 0 Å². The van der Waals surface area contributed by atoms with Gasteiger partial charge in [0.15, 0.2) is 0 Å². The molecule has 0 aliphatic heterocycles. The largest absolute Gasteiger partial charge is 0.481 e. The summed E-state index contributed by atoms with van der Waals surface area (Å²) in [6.07, 6.45) is 13.6. The molecule has 0 unspecified atom stereocenters. The number of hydrogen-bond acceptors (Lipinski definition) is 5. The van der Waals surface area contributed by atoms with Gasteiger partial charge in [-0.1, -0.05) is 58.1 Å². The van der Waals surface area contributed by atoms with Gasteiger partial charge in [0.05, 0.1) is 11.6 Å². The minimum absolute atomic E-state index is 0.0402. The fourth-order valence-electron chi connectivity index (χ4n) is 13.7. The Morgan fingerprint density at radius 2 is 1.76 bits per heavy atom. The SMILES string of the molecule is C=C(C)[C@@H]1CC[C@]2(C(=O)O)CC[C@]3(C)[C@H](CC[C@@H]4[C@@]5(C)CC[C@H](OC(=O)Cn6cc(-c7ccc8[nH]ccc8c7)nn6)C(C)(C)[C@@H]5CC[C@]43C)[C@@H]12. The summed E-state index contributed by atoms with van der Waals surface area (Å²) < 4.78 is 7.95. The second-order valence-corrected chi connectivity index (χ2v) is 18.6. The molecule has 2 heterocycles. The van der Waals surface area contributed by atoms with Crippen molar-refractivity contribution in [3.8, 4) is 11.3 Å². The smallest absolute Gasteiger partial charge is 0.328 e. The minimum Gasteiger partial charge on any atom is -0.481 e. The second kappa shape index (κ2) is 11.3. The predicted octanol–water partition coefficient (Wildman–Crippen LogP) is 9.08. The van der Waals surface area contributed by atoms with E-state index >= 15 is 0 Å². The van der Waals surface area contributed by atoms with Gasteiger partial charge < -0.3 is 14.8 Å². The van der Waals surface area contributed by atoms with Crippen LogP contribution < -0.4 is 0 Å².